The summed E-state index contributed by atoms with van der Waals surface area (Å²) >= 11 is 0. The Bertz CT molecular complexity index is 463. The number of rotatable bonds is 21. The normalized spacial score (nSPS) is 21.3. The largest absolute Gasteiger partial charge is 0.756 e. The van der Waals surface area contributed by atoms with E-state index in [0.717, 1.165) is 51.7 Å². The number of phosphoric ester groups is 1. The lowest BCUT2D eigenvalue weighted by Crippen LogP contribution is -3.11. The molecular formula is C26H54NO4P. The predicted octanol–water partition coefficient (Wildman–Crippen LogP) is 6.21. The van der Waals surface area contributed by atoms with Crippen molar-refractivity contribution >= 4 is 7.82 Å². The van der Waals surface area contributed by atoms with Crippen LogP contribution in [0.4, 0.5) is 0 Å². The number of phosphoric acid groups is 1. The topological polar surface area (TPSA) is 63.0 Å². The summed E-state index contributed by atoms with van der Waals surface area (Å²) in [7, 11) is -4.16. The molecule has 3 unspecified atom stereocenters. The highest BCUT2D eigenvalue weighted by molar-refractivity contribution is 7.45. The molecule has 1 rings (SSSR count). The first-order chi connectivity index (χ1) is 15.6. The van der Waals surface area contributed by atoms with Gasteiger partial charge in [-0.25, -0.2) is 0 Å². The second kappa shape index (κ2) is 20.4. The Morgan fingerprint density at radius 3 is 1.75 bits per heavy atom. The van der Waals surface area contributed by atoms with Crippen LogP contribution >= 0.6 is 7.82 Å². The molecule has 0 aromatic carbocycles. The lowest BCUT2D eigenvalue weighted by molar-refractivity contribution is -0.897. The number of hydrogen-bond donors (Lipinski definition) is 1. The van der Waals surface area contributed by atoms with E-state index in [1.54, 1.807) is 0 Å². The number of quaternary nitrogens is 1. The molecule has 0 spiro atoms. The molecule has 1 aliphatic heterocycles. The van der Waals surface area contributed by atoms with E-state index in [1.807, 2.05) is 0 Å². The summed E-state index contributed by atoms with van der Waals surface area (Å²) in [5.74, 6) is 0. The van der Waals surface area contributed by atoms with E-state index in [9.17, 15) is 9.46 Å². The molecule has 0 radical (unpaired) electrons. The second-order valence-corrected chi connectivity index (χ2v) is 11.2. The minimum absolute atomic E-state index is 0.201. The van der Waals surface area contributed by atoms with E-state index < -0.39 is 7.82 Å². The van der Waals surface area contributed by atoms with Gasteiger partial charge in [0.25, 0.3) is 7.82 Å². The van der Waals surface area contributed by atoms with Crippen LogP contribution in [0.2, 0.25) is 0 Å². The zero-order chi connectivity index (χ0) is 23.3. The number of likely N-dealkylation sites (tertiary alicyclic amines) is 1. The molecule has 6 heteroatoms. The van der Waals surface area contributed by atoms with Gasteiger partial charge in [0.1, 0.15) is 0 Å². The summed E-state index contributed by atoms with van der Waals surface area (Å²) in [6, 6.07) is 0. The minimum Gasteiger partial charge on any atom is -0.756 e. The van der Waals surface area contributed by atoms with Gasteiger partial charge < -0.3 is 18.8 Å². The molecule has 1 fully saturated rings. The van der Waals surface area contributed by atoms with Crippen LogP contribution in [0.25, 0.3) is 0 Å². The van der Waals surface area contributed by atoms with Gasteiger partial charge in [-0.3, -0.25) is 4.57 Å². The molecule has 0 amide bonds. The van der Waals surface area contributed by atoms with Gasteiger partial charge in [-0.2, -0.15) is 0 Å². The van der Waals surface area contributed by atoms with Crippen molar-refractivity contribution in [1.82, 2.24) is 0 Å². The van der Waals surface area contributed by atoms with E-state index in [-0.39, 0.29) is 12.7 Å². The first kappa shape index (κ1) is 30.1. The lowest BCUT2D eigenvalue weighted by atomic mass is 10.0. The van der Waals surface area contributed by atoms with Crippen molar-refractivity contribution in [3.8, 4) is 0 Å². The molecule has 3 atom stereocenters. The van der Waals surface area contributed by atoms with E-state index in [2.05, 4.69) is 13.8 Å². The van der Waals surface area contributed by atoms with E-state index >= 15 is 0 Å². The fourth-order valence-electron chi connectivity index (χ4n) is 4.71. The third-order valence-electron chi connectivity index (χ3n) is 6.90. The van der Waals surface area contributed by atoms with Gasteiger partial charge in [0.15, 0.2) is 0 Å². The first-order valence-electron chi connectivity index (χ1n) is 14.0. The molecule has 0 aromatic heterocycles. The Hall–Kier alpha value is 0.0700. The lowest BCUT2D eigenvalue weighted by Gasteiger charge is -2.27. The zero-order valence-electron chi connectivity index (χ0n) is 21.4. The van der Waals surface area contributed by atoms with Gasteiger partial charge in [0.05, 0.1) is 32.3 Å². The van der Waals surface area contributed by atoms with Gasteiger partial charge in [-0.05, 0) is 26.2 Å². The number of hydrogen-bond acceptors (Lipinski definition) is 4. The van der Waals surface area contributed by atoms with Crippen molar-refractivity contribution in [1.29, 1.82) is 0 Å². The molecular weight excluding hydrogens is 421 g/mol. The van der Waals surface area contributed by atoms with Crippen molar-refractivity contribution in [3.63, 3.8) is 0 Å². The third kappa shape index (κ3) is 17.5. The van der Waals surface area contributed by atoms with Crippen LogP contribution < -0.4 is 9.79 Å². The Balaban J connectivity index is 1.86. The summed E-state index contributed by atoms with van der Waals surface area (Å²) in [4.78, 5) is 13.6. The molecule has 1 heterocycles. The van der Waals surface area contributed by atoms with Crippen LogP contribution in [0.15, 0.2) is 0 Å². The molecule has 5 nitrogen and oxygen atoms in total. The molecule has 1 N–H and O–H groups in total. The van der Waals surface area contributed by atoms with Gasteiger partial charge >= 0.3 is 0 Å². The number of unbranched alkanes of at least 4 members (excludes halogenated alkanes) is 15. The highest BCUT2D eigenvalue weighted by Gasteiger charge is 2.23. The summed E-state index contributed by atoms with van der Waals surface area (Å²) in [5.41, 5.74) is 0. The predicted molar refractivity (Wildman–Crippen MR) is 133 cm³/mol. The third-order valence-corrected chi connectivity index (χ3v) is 7.96. The Morgan fingerprint density at radius 1 is 0.750 bits per heavy atom. The summed E-state index contributed by atoms with van der Waals surface area (Å²) in [6.07, 6.45) is 23.4. The van der Waals surface area contributed by atoms with E-state index in [4.69, 9.17) is 9.05 Å². The van der Waals surface area contributed by atoms with Crippen LogP contribution in [0, 0.1) is 0 Å². The molecule has 0 saturated carbocycles. The van der Waals surface area contributed by atoms with Crippen LogP contribution in [0.1, 0.15) is 136 Å². The molecule has 0 aromatic rings. The molecule has 0 aliphatic carbocycles. The summed E-state index contributed by atoms with van der Waals surface area (Å²) < 4.78 is 22.6. The van der Waals surface area contributed by atoms with Crippen molar-refractivity contribution in [2.75, 3.05) is 26.2 Å². The highest BCUT2D eigenvalue weighted by Crippen LogP contribution is 2.41. The minimum atomic E-state index is -4.16. The average Bonchev–Trinajstić information content (AvgIpc) is 3.00. The van der Waals surface area contributed by atoms with Gasteiger partial charge in [0.2, 0.25) is 0 Å². The van der Waals surface area contributed by atoms with Crippen LogP contribution in [-0.4, -0.2) is 32.3 Å². The standard InChI is InChI=1S/C26H54NO4P/c1-3-5-6-7-8-9-10-11-12-13-14-15-16-17-18-19-25-30-32(28,29)31-26-21-20-23-27(4-2)24-22-26/h26H,3-25H2,1-2H3,(H,28,29). The average molecular weight is 476 g/mol. The van der Waals surface area contributed by atoms with E-state index in [1.165, 1.54) is 94.8 Å². The highest BCUT2D eigenvalue weighted by atomic mass is 31.2. The molecule has 0 bridgehead atoms. The zero-order valence-corrected chi connectivity index (χ0v) is 22.3. The van der Waals surface area contributed by atoms with Gasteiger partial charge in [-0.1, -0.05) is 103 Å². The van der Waals surface area contributed by atoms with Gasteiger partial charge in [0, 0.05) is 6.42 Å². The maximum Gasteiger partial charge on any atom is 0.268 e. The van der Waals surface area contributed by atoms with Crippen molar-refractivity contribution < 1.29 is 23.4 Å². The SMILES string of the molecule is CCCCCCCCCCCCCCCCCCOP(=O)([O-])OC1CCC[NH+](CC)CC1. The summed E-state index contributed by atoms with van der Waals surface area (Å²) in [6.45, 7) is 7.91. The van der Waals surface area contributed by atoms with Crippen LogP contribution in [0.5, 0.6) is 0 Å². The monoisotopic (exact) mass is 475 g/mol. The molecule has 192 valence electrons. The smallest absolute Gasteiger partial charge is 0.268 e. The maximum atomic E-state index is 12.1. The Kier molecular flexibility index (Phi) is 19.2. The Labute approximate surface area is 199 Å². The first-order valence-corrected chi connectivity index (χ1v) is 15.5. The van der Waals surface area contributed by atoms with Crippen molar-refractivity contribution in [2.45, 2.75) is 142 Å². The Morgan fingerprint density at radius 2 is 1.25 bits per heavy atom. The quantitative estimate of drug-likeness (QED) is 0.158. The second-order valence-electron chi connectivity index (χ2n) is 9.85. The fourth-order valence-corrected chi connectivity index (χ4v) is 5.70. The van der Waals surface area contributed by atoms with Gasteiger partial charge in [-0.15, -0.1) is 0 Å². The summed E-state index contributed by atoms with van der Waals surface area (Å²) in [5, 5.41) is 0. The number of nitrogens with one attached hydrogen (secondary N) is 1. The van der Waals surface area contributed by atoms with Crippen LogP contribution in [-0.2, 0) is 13.6 Å². The maximum absolute atomic E-state index is 12.1. The molecule has 1 aliphatic rings. The molecule has 1 saturated heterocycles. The van der Waals surface area contributed by atoms with Crippen LogP contribution in [0.3, 0.4) is 0 Å². The van der Waals surface area contributed by atoms with Crippen molar-refractivity contribution in [2.24, 2.45) is 0 Å². The molecule has 32 heavy (non-hydrogen) atoms. The van der Waals surface area contributed by atoms with E-state index in [0.29, 0.717) is 0 Å². The van der Waals surface area contributed by atoms with Crippen molar-refractivity contribution in [3.05, 3.63) is 0 Å². The fraction of sp³-hybridized carbons (Fsp3) is 1.00.